The van der Waals surface area contributed by atoms with Gasteiger partial charge in [-0.05, 0) is 55.4 Å². The van der Waals surface area contributed by atoms with Crippen molar-refractivity contribution in [2.24, 2.45) is 4.99 Å². The van der Waals surface area contributed by atoms with E-state index < -0.39 is 12.0 Å². The number of carbonyl (C=O) groups excluding carboxylic acids is 2. The molecule has 3 heterocycles. The van der Waals surface area contributed by atoms with Crippen molar-refractivity contribution < 1.29 is 19.1 Å². The van der Waals surface area contributed by atoms with E-state index in [2.05, 4.69) is 0 Å². The molecule has 1 fully saturated rings. The summed E-state index contributed by atoms with van der Waals surface area (Å²) in [4.78, 5) is 34.9. The minimum Gasteiger partial charge on any atom is -0.489 e. The van der Waals surface area contributed by atoms with Crippen molar-refractivity contribution in [3.8, 4) is 5.75 Å². The van der Waals surface area contributed by atoms with Gasteiger partial charge < -0.3 is 19.3 Å². The van der Waals surface area contributed by atoms with Crippen LogP contribution in [0.4, 0.5) is 0 Å². The fourth-order valence-electron chi connectivity index (χ4n) is 4.90. The van der Waals surface area contributed by atoms with E-state index in [1.807, 2.05) is 76.7 Å². The van der Waals surface area contributed by atoms with Gasteiger partial charge in [-0.15, -0.1) is 0 Å². The van der Waals surface area contributed by atoms with E-state index in [0.29, 0.717) is 23.6 Å². The van der Waals surface area contributed by atoms with Crippen molar-refractivity contribution in [1.29, 1.82) is 0 Å². The summed E-state index contributed by atoms with van der Waals surface area (Å²) in [5, 5.41) is 2.74. The van der Waals surface area contributed by atoms with E-state index >= 15 is 0 Å². The quantitative estimate of drug-likeness (QED) is 0.436. The van der Waals surface area contributed by atoms with E-state index in [1.165, 1.54) is 11.8 Å². The molecule has 0 N–H and O–H groups in total. The van der Waals surface area contributed by atoms with E-state index in [1.54, 1.807) is 6.92 Å². The Morgan fingerprint density at radius 3 is 2.62 bits per heavy atom. The molecule has 8 heteroatoms. The second-order valence-electron chi connectivity index (χ2n) is 9.22. The van der Waals surface area contributed by atoms with Crippen LogP contribution in [-0.4, -0.2) is 46.5 Å². The minimum absolute atomic E-state index is 0.105. The van der Waals surface area contributed by atoms with Gasteiger partial charge in [-0.2, -0.15) is 0 Å². The number of aliphatic imine (C=N–C) groups is 1. The predicted molar refractivity (Wildman–Crippen MR) is 145 cm³/mol. The Labute approximate surface area is 221 Å². The molecule has 0 bridgehead atoms. The molecular formula is C29H31N3O4S. The Balaban J connectivity index is 1.47. The normalized spacial score (nSPS) is 18.9. The number of hydrogen-bond donors (Lipinski definition) is 0. The molecule has 2 aromatic rings. The summed E-state index contributed by atoms with van der Waals surface area (Å²) in [6, 6.07) is 17.3. The zero-order valence-corrected chi connectivity index (χ0v) is 22.0. The summed E-state index contributed by atoms with van der Waals surface area (Å²) in [7, 11) is 0. The number of carbonyl (C=O) groups is 2. The van der Waals surface area contributed by atoms with Gasteiger partial charge in [0.1, 0.15) is 12.4 Å². The molecule has 37 heavy (non-hydrogen) atoms. The molecule has 3 aliphatic rings. The van der Waals surface area contributed by atoms with Crippen LogP contribution in [0.1, 0.15) is 50.3 Å². The van der Waals surface area contributed by atoms with E-state index in [-0.39, 0.29) is 18.9 Å². The minimum atomic E-state index is -0.473. The van der Waals surface area contributed by atoms with Crippen LogP contribution >= 0.6 is 11.8 Å². The van der Waals surface area contributed by atoms with Crippen LogP contribution in [0, 0.1) is 0 Å². The Kier molecular flexibility index (Phi) is 7.65. The maximum absolute atomic E-state index is 13.2. The van der Waals surface area contributed by atoms with Crippen molar-refractivity contribution in [2.45, 2.75) is 45.8 Å². The first-order chi connectivity index (χ1) is 18.0. The van der Waals surface area contributed by atoms with Gasteiger partial charge in [0.25, 0.3) is 0 Å². The molecule has 7 nitrogen and oxygen atoms in total. The molecule has 0 radical (unpaired) electrons. The lowest BCUT2D eigenvalue weighted by Gasteiger charge is -2.36. The topological polar surface area (TPSA) is 71.4 Å². The summed E-state index contributed by atoms with van der Waals surface area (Å²) >= 11 is 1.49. The first-order valence-corrected chi connectivity index (χ1v) is 13.6. The van der Waals surface area contributed by atoms with Crippen LogP contribution in [0.5, 0.6) is 5.75 Å². The maximum Gasteiger partial charge on any atom is 0.338 e. The summed E-state index contributed by atoms with van der Waals surface area (Å²) < 4.78 is 11.6. The van der Waals surface area contributed by atoms with Crippen molar-refractivity contribution >= 4 is 28.8 Å². The highest BCUT2D eigenvalue weighted by molar-refractivity contribution is 8.16. The van der Waals surface area contributed by atoms with Crippen LogP contribution < -0.4 is 4.74 Å². The third kappa shape index (κ3) is 5.44. The number of amidine groups is 1. The number of rotatable bonds is 8. The Morgan fingerprint density at radius 1 is 1.08 bits per heavy atom. The van der Waals surface area contributed by atoms with Crippen LogP contribution in [0.25, 0.3) is 0 Å². The molecule has 1 amide bonds. The average molecular weight is 518 g/mol. The van der Waals surface area contributed by atoms with Crippen LogP contribution in [0.2, 0.25) is 0 Å². The summed E-state index contributed by atoms with van der Waals surface area (Å²) in [5.74, 6) is 0.413. The lowest BCUT2D eigenvalue weighted by atomic mass is 9.93. The Morgan fingerprint density at radius 2 is 1.86 bits per heavy atom. The Bertz CT molecular complexity index is 1260. The SMILES string of the molecule is CCOC(=O)C1=C(C)N=C2SC=C(CC(=O)N3CCCC3)N2C1c1cccc(OCc2ccccc2)c1. The monoisotopic (exact) mass is 517 g/mol. The number of benzene rings is 2. The van der Waals surface area contributed by atoms with Gasteiger partial charge in [0.05, 0.1) is 30.3 Å². The van der Waals surface area contributed by atoms with Crippen LogP contribution in [0.3, 0.4) is 0 Å². The smallest absolute Gasteiger partial charge is 0.338 e. The van der Waals surface area contributed by atoms with Crippen molar-refractivity contribution in [1.82, 2.24) is 9.80 Å². The lowest BCUT2D eigenvalue weighted by Crippen LogP contribution is -2.38. The van der Waals surface area contributed by atoms with Crippen LogP contribution in [-0.2, 0) is 20.9 Å². The van der Waals surface area contributed by atoms with Gasteiger partial charge in [0, 0.05) is 18.8 Å². The highest BCUT2D eigenvalue weighted by Gasteiger charge is 2.41. The molecule has 2 aromatic carbocycles. The number of amides is 1. The zero-order valence-electron chi connectivity index (χ0n) is 21.2. The number of likely N-dealkylation sites (tertiary alicyclic amines) is 1. The molecule has 192 valence electrons. The second kappa shape index (κ2) is 11.3. The van der Waals surface area contributed by atoms with Gasteiger partial charge >= 0.3 is 5.97 Å². The van der Waals surface area contributed by atoms with E-state index in [4.69, 9.17) is 14.5 Å². The molecule has 0 spiro atoms. The molecule has 1 atom stereocenters. The summed E-state index contributed by atoms with van der Waals surface area (Å²) in [6.07, 6.45) is 2.36. The molecule has 1 unspecified atom stereocenters. The summed E-state index contributed by atoms with van der Waals surface area (Å²) in [5.41, 5.74) is 3.90. The van der Waals surface area contributed by atoms with E-state index in [0.717, 1.165) is 47.9 Å². The summed E-state index contributed by atoms with van der Waals surface area (Å²) in [6.45, 7) is 5.95. The highest BCUT2D eigenvalue weighted by atomic mass is 32.2. The van der Waals surface area contributed by atoms with Gasteiger partial charge in [-0.1, -0.05) is 54.2 Å². The number of hydrogen-bond acceptors (Lipinski definition) is 7. The zero-order chi connectivity index (χ0) is 25.8. The number of ether oxygens (including phenoxy) is 2. The van der Waals surface area contributed by atoms with Gasteiger partial charge in [-0.3, -0.25) is 4.79 Å². The standard InChI is InChI=1S/C29H31N3O4S/c1-3-35-28(34)26-20(2)30-29-32(23(19-37-29)17-25(33)31-14-7-8-15-31)27(26)22-12-9-13-24(16-22)36-18-21-10-5-4-6-11-21/h4-6,9-13,16,19,27H,3,7-8,14-15,17-18H2,1-2H3. The largest absolute Gasteiger partial charge is 0.489 e. The third-order valence-corrected chi connectivity index (χ3v) is 7.60. The first kappa shape index (κ1) is 25.1. The van der Waals surface area contributed by atoms with Crippen LogP contribution in [0.15, 0.2) is 82.0 Å². The molecule has 0 saturated carbocycles. The molecule has 5 rings (SSSR count). The number of thioether (sulfide) groups is 1. The predicted octanol–water partition coefficient (Wildman–Crippen LogP) is 5.42. The molecule has 3 aliphatic heterocycles. The fraction of sp³-hybridized carbons (Fsp3) is 0.345. The van der Waals surface area contributed by atoms with Gasteiger partial charge in [-0.25, -0.2) is 9.79 Å². The molecule has 1 saturated heterocycles. The number of nitrogens with zero attached hydrogens (tertiary/aromatic N) is 3. The molecule has 0 aromatic heterocycles. The fourth-order valence-corrected chi connectivity index (χ4v) is 5.87. The maximum atomic E-state index is 13.2. The number of fused-ring (bicyclic) bond motifs is 1. The lowest BCUT2D eigenvalue weighted by molar-refractivity contribution is -0.139. The Hall–Kier alpha value is -3.52. The highest BCUT2D eigenvalue weighted by Crippen LogP contribution is 2.45. The van der Waals surface area contributed by atoms with Crippen molar-refractivity contribution in [2.75, 3.05) is 19.7 Å². The van der Waals surface area contributed by atoms with Gasteiger partial charge in [0.15, 0.2) is 5.17 Å². The van der Waals surface area contributed by atoms with Crippen molar-refractivity contribution in [3.05, 3.63) is 88.1 Å². The number of esters is 1. The average Bonchev–Trinajstić information content (AvgIpc) is 3.58. The molecule has 0 aliphatic carbocycles. The number of allylic oxidation sites excluding steroid dienone is 1. The van der Waals surface area contributed by atoms with Crippen molar-refractivity contribution in [3.63, 3.8) is 0 Å². The first-order valence-electron chi connectivity index (χ1n) is 12.7. The molecular weight excluding hydrogens is 486 g/mol. The van der Waals surface area contributed by atoms with E-state index in [9.17, 15) is 9.59 Å². The second-order valence-corrected chi connectivity index (χ2v) is 10.1. The third-order valence-electron chi connectivity index (χ3n) is 6.71. The van der Waals surface area contributed by atoms with Gasteiger partial charge in [0.2, 0.25) is 5.91 Å².